The second-order valence-electron chi connectivity index (χ2n) is 5.10. The van der Waals surface area contributed by atoms with Crippen LogP contribution in [0.2, 0.25) is 0 Å². The largest absolute Gasteiger partial charge is 0.497 e. The number of methoxy groups -OCH3 is 1. The molecule has 2 rings (SSSR count). The van der Waals surface area contributed by atoms with Gasteiger partial charge in [-0.1, -0.05) is 18.2 Å². The highest BCUT2D eigenvalue weighted by molar-refractivity contribution is 5.93. The standard InChI is InChI=1S/C17H20N2O2/c1-11-7-12(2)16(10-15(11)18)19-17(20)9-13-5-4-6-14(8-13)21-3/h4-8,10H,9,18H2,1-3H3,(H,19,20). The third-order valence-corrected chi connectivity index (χ3v) is 3.39. The fourth-order valence-corrected chi connectivity index (χ4v) is 2.17. The molecule has 0 saturated heterocycles. The Labute approximate surface area is 124 Å². The molecule has 0 bridgehead atoms. The number of carbonyl (C=O) groups is 1. The van der Waals surface area contributed by atoms with Crippen LogP contribution in [0.25, 0.3) is 0 Å². The van der Waals surface area contributed by atoms with Gasteiger partial charge < -0.3 is 15.8 Å². The lowest BCUT2D eigenvalue weighted by atomic mass is 10.1. The van der Waals surface area contributed by atoms with Crippen LogP contribution in [0.4, 0.5) is 11.4 Å². The van der Waals surface area contributed by atoms with E-state index in [2.05, 4.69) is 5.32 Å². The van der Waals surface area contributed by atoms with Crippen molar-refractivity contribution >= 4 is 17.3 Å². The lowest BCUT2D eigenvalue weighted by Gasteiger charge is -2.11. The SMILES string of the molecule is COc1cccc(CC(=O)Nc2cc(N)c(C)cc2C)c1. The highest BCUT2D eigenvalue weighted by Crippen LogP contribution is 2.22. The van der Waals surface area contributed by atoms with E-state index in [1.807, 2.05) is 44.2 Å². The van der Waals surface area contributed by atoms with Gasteiger partial charge in [-0.15, -0.1) is 0 Å². The van der Waals surface area contributed by atoms with Gasteiger partial charge in [0.1, 0.15) is 5.75 Å². The highest BCUT2D eigenvalue weighted by atomic mass is 16.5. The third kappa shape index (κ3) is 3.75. The molecule has 0 radical (unpaired) electrons. The zero-order valence-electron chi connectivity index (χ0n) is 12.6. The quantitative estimate of drug-likeness (QED) is 0.848. The normalized spacial score (nSPS) is 10.2. The molecule has 110 valence electrons. The Kier molecular flexibility index (Phi) is 4.48. The zero-order chi connectivity index (χ0) is 15.4. The van der Waals surface area contributed by atoms with Gasteiger partial charge >= 0.3 is 0 Å². The summed E-state index contributed by atoms with van der Waals surface area (Å²) in [5.41, 5.74) is 10.2. The zero-order valence-corrected chi connectivity index (χ0v) is 12.6. The summed E-state index contributed by atoms with van der Waals surface area (Å²) in [7, 11) is 1.61. The van der Waals surface area contributed by atoms with E-state index in [-0.39, 0.29) is 5.91 Å². The summed E-state index contributed by atoms with van der Waals surface area (Å²) in [5.74, 6) is 0.672. The van der Waals surface area contributed by atoms with E-state index >= 15 is 0 Å². The minimum atomic E-state index is -0.0744. The first-order chi connectivity index (χ1) is 9.99. The Morgan fingerprint density at radius 2 is 1.95 bits per heavy atom. The minimum Gasteiger partial charge on any atom is -0.497 e. The molecule has 0 spiro atoms. The lowest BCUT2D eigenvalue weighted by Crippen LogP contribution is -2.15. The first-order valence-corrected chi connectivity index (χ1v) is 6.79. The number of benzene rings is 2. The van der Waals surface area contributed by atoms with Crippen molar-refractivity contribution in [3.8, 4) is 5.75 Å². The number of rotatable bonds is 4. The number of amides is 1. The molecule has 0 heterocycles. The first-order valence-electron chi connectivity index (χ1n) is 6.79. The molecule has 0 aliphatic rings. The summed E-state index contributed by atoms with van der Waals surface area (Å²) in [6.07, 6.45) is 0.296. The highest BCUT2D eigenvalue weighted by Gasteiger charge is 2.08. The van der Waals surface area contributed by atoms with Crippen molar-refractivity contribution in [1.82, 2.24) is 0 Å². The van der Waals surface area contributed by atoms with Crippen LogP contribution in [0, 0.1) is 13.8 Å². The summed E-state index contributed by atoms with van der Waals surface area (Å²) in [4.78, 5) is 12.1. The molecule has 0 aliphatic carbocycles. The van der Waals surface area contributed by atoms with Crippen molar-refractivity contribution < 1.29 is 9.53 Å². The van der Waals surface area contributed by atoms with Gasteiger partial charge in [0.05, 0.1) is 13.5 Å². The molecular weight excluding hydrogens is 264 g/mol. The van der Waals surface area contributed by atoms with Gasteiger partial charge in [0.25, 0.3) is 0 Å². The Morgan fingerprint density at radius 1 is 1.19 bits per heavy atom. The molecule has 4 heteroatoms. The van der Waals surface area contributed by atoms with E-state index in [0.717, 1.165) is 28.1 Å². The predicted molar refractivity (Wildman–Crippen MR) is 85.7 cm³/mol. The second-order valence-corrected chi connectivity index (χ2v) is 5.10. The van der Waals surface area contributed by atoms with E-state index < -0.39 is 0 Å². The van der Waals surface area contributed by atoms with Gasteiger partial charge in [0.15, 0.2) is 0 Å². The van der Waals surface area contributed by atoms with Crippen molar-refractivity contribution in [2.75, 3.05) is 18.2 Å². The Balaban J connectivity index is 2.09. The number of carbonyl (C=O) groups excluding carboxylic acids is 1. The van der Waals surface area contributed by atoms with Gasteiger partial charge in [-0.25, -0.2) is 0 Å². The average Bonchev–Trinajstić information content (AvgIpc) is 2.45. The van der Waals surface area contributed by atoms with E-state index in [0.29, 0.717) is 12.1 Å². The molecular formula is C17H20N2O2. The molecule has 2 aromatic carbocycles. The van der Waals surface area contributed by atoms with E-state index in [9.17, 15) is 4.79 Å². The van der Waals surface area contributed by atoms with Gasteiger partial charge in [-0.05, 0) is 48.7 Å². The van der Waals surface area contributed by atoms with Gasteiger partial charge in [-0.2, -0.15) is 0 Å². The summed E-state index contributed by atoms with van der Waals surface area (Å²) in [6, 6.07) is 11.3. The van der Waals surface area contributed by atoms with Crippen LogP contribution in [0.1, 0.15) is 16.7 Å². The Hall–Kier alpha value is -2.49. The second kappa shape index (κ2) is 6.31. The number of nitrogens with one attached hydrogen (secondary N) is 1. The smallest absolute Gasteiger partial charge is 0.228 e. The van der Waals surface area contributed by atoms with Crippen LogP contribution in [0.5, 0.6) is 5.75 Å². The van der Waals surface area contributed by atoms with E-state index in [1.165, 1.54) is 0 Å². The van der Waals surface area contributed by atoms with Crippen LogP contribution in [-0.4, -0.2) is 13.0 Å². The van der Waals surface area contributed by atoms with E-state index in [1.54, 1.807) is 13.2 Å². The summed E-state index contributed by atoms with van der Waals surface area (Å²) >= 11 is 0. The fraction of sp³-hybridized carbons (Fsp3) is 0.235. The first kappa shape index (κ1) is 14.9. The minimum absolute atomic E-state index is 0.0744. The van der Waals surface area contributed by atoms with Crippen LogP contribution in [-0.2, 0) is 11.2 Å². The van der Waals surface area contributed by atoms with Crippen molar-refractivity contribution in [1.29, 1.82) is 0 Å². The monoisotopic (exact) mass is 284 g/mol. The molecule has 1 amide bonds. The maximum Gasteiger partial charge on any atom is 0.228 e. The maximum atomic E-state index is 12.1. The van der Waals surface area contributed by atoms with Crippen molar-refractivity contribution in [2.24, 2.45) is 0 Å². The molecule has 0 saturated carbocycles. The number of nitrogen functional groups attached to an aromatic ring is 1. The number of hydrogen-bond acceptors (Lipinski definition) is 3. The number of ether oxygens (including phenoxy) is 1. The molecule has 0 atom stereocenters. The molecule has 21 heavy (non-hydrogen) atoms. The fourth-order valence-electron chi connectivity index (χ4n) is 2.17. The van der Waals surface area contributed by atoms with Gasteiger partial charge in [0.2, 0.25) is 5.91 Å². The average molecular weight is 284 g/mol. The van der Waals surface area contributed by atoms with Gasteiger partial charge in [0, 0.05) is 11.4 Å². The van der Waals surface area contributed by atoms with Crippen molar-refractivity contribution in [3.63, 3.8) is 0 Å². The molecule has 2 aromatic rings. The van der Waals surface area contributed by atoms with Crippen LogP contribution < -0.4 is 15.8 Å². The number of anilines is 2. The molecule has 3 N–H and O–H groups in total. The lowest BCUT2D eigenvalue weighted by molar-refractivity contribution is -0.115. The summed E-state index contributed by atoms with van der Waals surface area (Å²) in [6.45, 7) is 3.90. The molecule has 0 aliphatic heterocycles. The summed E-state index contributed by atoms with van der Waals surface area (Å²) < 4.78 is 5.15. The Bertz CT molecular complexity index is 666. The van der Waals surface area contributed by atoms with Gasteiger partial charge in [-0.3, -0.25) is 4.79 Å². The molecule has 0 fully saturated rings. The predicted octanol–water partition coefficient (Wildman–Crippen LogP) is 3.08. The maximum absolute atomic E-state index is 12.1. The number of hydrogen-bond donors (Lipinski definition) is 2. The number of aryl methyl sites for hydroxylation is 2. The van der Waals surface area contributed by atoms with E-state index in [4.69, 9.17) is 10.5 Å². The molecule has 0 aromatic heterocycles. The third-order valence-electron chi connectivity index (χ3n) is 3.39. The van der Waals surface area contributed by atoms with Crippen LogP contribution in [0.3, 0.4) is 0 Å². The van der Waals surface area contributed by atoms with Crippen LogP contribution in [0.15, 0.2) is 36.4 Å². The number of nitrogens with two attached hydrogens (primary N) is 1. The summed E-state index contributed by atoms with van der Waals surface area (Å²) in [5, 5.41) is 2.90. The molecule has 0 unspecified atom stereocenters. The molecule has 4 nitrogen and oxygen atoms in total. The van der Waals surface area contributed by atoms with Crippen molar-refractivity contribution in [2.45, 2.75) is 20.3 Å². The topological polar surface area (TPSA) is 64.3 Å². The van der Waals surface area contributed by atoms with Crippen LogP contribution >= 0.6 is 0 Å². The Morgan fingerprint density at radius 3 is 2.67 bits per heavy atom. The van der Waals surface area contributed by atoms with Crippen molar-refractivity contribution in [3.05, 3.63) is 53.1 Å².